The number of nitrogens with one attached hydrogen (secondary N) is 2. The number of β-amino-alcohol motifs (C(OH)–C–C–N with tert-alkyl or cyclic N) is 1. The molecule has 2 fully saturated rings. The lowest BCUT2D eigenvalue weighted by atomic mass is 9.85. The van der Waals surface area contributed by atoms with Crippen LogP contribution in [0.25, 0.3) is 11.3 Å². The molecular weight excluding hydrogens is 882 g/mol. The molecule has 0 radical (unpaired) electrons. The van der Waals surface area contributed by atoms with Crippen LogP contribution in [0.1, 0.15) is 66.1 Å². The van der Waals surface area contributed by atoms with Gasteiger partial charge in [-0.15, -0.1) is 0 Å². The van der Waals surface area contributed by atoms with E-state index in [-0.39, 0.29) is 57.2 Å². The number of benzene rings is 2. The molecule has 0 bridgehead atoms. The molecule has 3 N–H and O–H groups in total. The molecule has 1 unspecified atom stereocenters. The van der Waals surface area contributed by atoms with Crippen LogP contribution in [-0.2, 0) is 30.5 Å². The van der Waals surface area contributed by atoms with Crippen molar-refractivity contribution in [2.24, 2.45) is 17.3 Å². The smallest absolute Gasteiger partial charge is 0.254 e. The van der Waals surface area contributed by atoms with Gasteiger partial charge in [-0.2, -0.15) is 5.26 Å². The van der Waals surface area contributed by atoms with Crippen molar-refractivity contribution in [3.8, 4) is 46.8 Å². The third-order valence-corrected chi connectivity index (χ3v) is 12.2. The molecule has 3 heterocycles. The Morgan fingerprint density at radius 1 is 1.09 bits per heavy atom. The lowest BCUT2D eigenvalue weighted by Gasteiger charge is -2.35. The summed E-state index contributed by atoms with van der Waals surface area (Å²) in [6, 6.07) is 14.5. The number of aliphatic hydroxyl groups excluding tert-OH is 1. The number of thiocarbonyl (C=S) groups is 1. The van der Waals surface area contributed by atoms with Crippen LogP contribution < -0.4 is 20.3 Å². The number of aromatic nitrogens is 1. The maximum Gasteiger partial charge on any atom is 0.254 e. The highest BCUT2D eigenvalue weighted by Gasteiger charge is 2.52. The van der Waals surface area contributed by atoms with Crippen LogP contribution in [-0.4, -0.2) is 105 Å². The molecule has 0 saturated carbocycles. The number of anilines is 1. The van der Waals surface area contributed by atoms with Gasteiger partial charge in [0.15, 0.2) is 17.3 Å². The number of amides is 4. The monoisotopic (exact) mass is 937 g/mol. The number of hydrogen-bond donors (Lipinski definition) is 3. The zero-order valence-electron chi connectivity index (χ0n) is 38.4. The number of oxazole rings is 1. The second-order valence-electron chi connectivity index (χ2n) is 17.7. The van der Waals surface area contributed by atoms with Crippen molar-refractivity contribution in [2.45, 2.75) is 98.1 Å². The molecule has 5 rings (SSSR count). The number of carbonyl (C=O) groups is 4. The number of halogens is 1. The maximum absolute atomic E-state index is 13.9. The number of aryl methyl sites for hydroxylation is 1. The number of carbonyl (C=O) groups excluding carboxylic acids is 4. The molecule has 2 aliphatic rings. The number of aliphatic hydroxyl groups is 1. The van der Waals surface area contributed by atoms with Gasteiger partial charge in [-0.25, -0.2) is 4.98 Å². The molecule has 348 valence electrons. The fourth-order valence-electron chi connectivity index (χ4n) is 7.72. The second kappa shape index (κ2) is 22.3. The average Bonchev–Trinajstić information content (AvgIpc) is 3.94. The summed E-state index contributed by atoms with van der Waals surface area (Å²) in [5.41, 5.74) is 2.76. The van der Waals surface area contributed by atoms with Crippen LogP contribution in [0.5, 0.6) is 5.75 Å². The van der Waals surface area contributed by atoms with Crippen molar-refractivity contribution in [3.05, 3.63) is 77.8 Å². The summed E-state index contributed by atoms with van der Waals surface area (Å²) >= 11 is 11.6. The topological polar surface area (TPSA) is 191 Å². The zero-order chi connectivity index (χ0) is 48.3. The van der Waals surface area contributed by atoms with Gasteiger partial charge in [-0.05, 0) is 98.8 Å². The summed E-state index contributed by atoms with van der Waals surface area (Å²) < 4.78 is 16.6. The van der Waals surface area contributed by atoms with Crippen LogP contribution in [0.15, 0.2) is 71.0 Å². The molecular formula is C49H56ClN7O8S. The Hall–Kier alpha value is -6.22. The molecule has 0 aliphatic carbocycles. The SMILES string of the molecule is Cc1ncoc1-c1ccc(CNC(=O)[C@@H]2C[C@@H](O)CN2C(=O)[C@@H](NC(=O)COCC#CC#CCOc2ccc(N3C(=S)N([C@H](C)[C@@H](C)C(C#N)C=CCl)C(=O)C3(C)C)cc2)C(C)(C)C)cc1. The van der Waals surface area contributed by atoms with E-state index in [0.29, 0.717) is 22.3 Å². The van der Waals surface area contributed by atoms with Crippen LogP contribution in [0.4, 0.5) is 5.69 Å². The van der Waals surface area contributed by atoms with E-state index in [2.05, 4.69) is 45.4 Å². The van der Waals surface area contributed by atoms with E-state index in [0.717, 1.165) is 16.8 Å². The average molecular weight is 939 g/mol. The highest BCUT2D eigenvalue weighted by atomic mass is 35.5. The van der Waals surface area contributed by atoms with E-state index in [9.17, 15) is 29.5 Å². The number of rotatable bonds is 16. The summed E-state index contributed by atoms with van der Waals surface area (Å²) in [4.78, 5) is 62.7. The fourth-order valence-corrected chi connectivity index (χ4v) is 8.45. The lowest BCUT2D eigenvalue weighted by molar-refractivity contribution is -0.144. The molecule has 66 heavy (non-hydrogen) atoms. The van der Waals surface area contributed by atoms with Crippen molar-refractivity contribution < 1.29 is 38.2 Å². The maximum atomic E-state index is 13.9. The predicted molar refractivity (Wildman–Crippen MR) is 253 cm³/mol. The third kappa shape index (κ3) is 12.2. The molecule has 4 amide bonds. The minimum absolute atomic E-state index is 0.0428. The molecule has 3 aromatic rings. The van der Waals surface area contributed by atoms with Gasteiger partial charge < -0.3 is 39.4 Å². The summed E-state index contributed by atoms with van der Waals surface area (Å²) in [7, 11) is 0. The van der Waals surface area contributed by atoms with Gasteiger partial charge in [-0.3, -0.25) is 24.1 Å². The summed E-state index contributed by atoms with van der Waals surface area (Å²) in [5, 5.41) is 26.1. The summed E-state index contributed by atoms with van der Waals surface area (Å²) in [6.45, 7) is 14.3. The van der Waals surface area contributed by atoms with Gasteiger partial charge >= 0.3 is 0 Å². The first kappa shape index (κ1) is 50.8. The highest BCUT2D eigenvalue weighted by molar-refractivity contribution is 7.80. The second-order valence-corrected chi connectivity index (χ2v) is 18.4. The molecule has 17 heteroatoms. The summed E-state index contributed by atoms with van der Waals surface area (Å²) in [6.07, 6.45) is 2.15. The van der Waals surface area contributed by atoms with Gasteiger partial charge in [0.1, 0.15) is 43.2 Å². The van der Waals surface area contributed by atoms with Crippen LogP contribution in [0.2, 0.25) is 0 Å². The Kier molecular flexibility index (Phi) is 17.2. The van der Waals surface area contributed by atoms with Crippen molar-refractivity contribution >= 4 is 58.2 Å². The van der Waals surface area contributed by atoms with E-state index in [1.165, 1.54) is 16.8 Å². The predicted octanol–water partition coefficient (Wildman–Crippen LogP) is 5.49. The van der Waals surface area contributed by atoms with Gasteiger partial charge in [-0.1, -0.05) is 75.6 Å². The van der Waals surface area contributed by atoms with E-state index < -0.39 is 52.8 Å². The molecule has 2 aliphatic heterocycles. The molecule has 1 aromatic heterocycles. The van der Waals surface area contributed by atoms with Gasteiger partial charge in [0.25, 0.3) is 5.91 Å². The number of allylic oxidation sites excluding steroid dienone is 1. The summed E-state index contributed by atoms with van der Waals surface area (Å²) in [5.74, 6) is 9.74. The number of nitrogens with zero attached hydrogens (tertiary/aromatic N) is 5. The quantitative estimate of drug-likeness (QED) is 0.0932. The minimum Gasteiger partial charge on any atom is -0.481 e. The third-order valence-electron chi connectivity index (χ3n) is 11.6. The first-order valence-corrected chi connectivity index (χ1v) is 22.3. The Labute approximate surface area is 396 Å². The van der Waals surface area contributed by atoms with Crippen LogP contribution in [0.3, 0.4) is 0 Å². The van der Waals surface area contributed by atoms with Gasteiger partial charge in [0, 0.05) is 42.3 Å². The molecule has 0 spiro atoms. The van der Waals surface area contributed by atoms with Crippen molar-refractivity contribution in [2.75, 3.05) is 31.3 Å². The van der Waals surface area contributed by atoms with Crippen LogP contribution in [0, 0.1) is 59.2 Å². The Morgan fingerprint density at radius 3 is 2.36 bits per heavy atom. The number of hydrogen-bond acceptors (Lipinski definition) is 11. The van der Waals surface area contributed by atoms with Crippen LogP contribution >= 0.6 is 23.8 Å². The molecule has 15 nitrogen and oxygen atoms in total. The van der Waals surface area contributed by atoms with E-state index in [1.807, 2.05) is 45.0 Å². The number of likely N-dealkylation sites (tertiary alicyclic amines) is 1. The largest absolute Gasteiger partial charge is 0.481 e. The van der Waals surface area contributed by atoms with E-state index in [4.69, 9.17) is 37.7 Å². The Bertz CT molecular complexity index is 2450. The van der Waals surface area contributed by atoms with E-state index >= 15 is 0 Å². The standard InChI is InChI=1S/C49H56ClN7O8S/c1-31(36(26-51)21-22-50)33(3)56-46(62)49(7,8)57(47(56)66)37-17-19-39(20-18-37)64-24-12-10-9-11-23-63-29-41(59)54-43(48(4,5)6)45(61)55-28-38(58)25-40(55)44(60)52-27-34-13-15-35(16-14-34)42-32(2)53-30-65-42/h13-22,30-31,33,36,38,40,43,58H,23-25,27-29H2,1-8H3,(H,52,60)(H,54,59)/t31-,33-,36?,38-,40+,43-/m1/s1. The van der Waals surface area contributed by atoms with Crippen molar-refractivity contribution in [3.63, 3.8) is 0 Å². The highest BCUT2D eigenvalue weighted by Crippen LogP contribution is 2.37. The minimum atomic E-state index is -1.01. The molecule has 2 saturated heterocycles. The van der Waals surface area contributed by atoms with Gasteiger partial charge in [0.2, 0.25) is 17.7 Å². The lowest BCUT2D eigenvalue weighted by Crippen LogP contribution is -2.58. The van der Waals surface area contributed by atoms with E-state index in [1.54, 1.807) is 74.8 Å². The first-order chi connectivity index (χ1) is 31.3. The molecule has 2 aromatic carbocycles. The number of nitriles is 1. The first-order valence-electron chi connectivity index (χ1n) is 21.5. The van der Waals surface area contributed by atoms with Crippen molar-refractivity contribution in [1.29, 1.82) is 5.26 Å². The number of ether oxygens (including phenoxy) is 2. The zero-order valence-corrected chi connectivity index (χ0v) is 40.0. The Morgan fingerprint density at radius 2 is 1.76 bits per heavy atom. The van der Waals surface area contributed by atoms with Crippen molar-refractivity contribution in [1.82, 2.24) is 25.4 Å². The normalized spacial score (nSPS) is 18.7. The molecule has 6 atom stereocenters. The fraction of sp³-hybridized carbons (Fsp3) is 0.449. The van der Waals surface area contributed by atoms with Gasteiger partial charge in [0.05, 0.1) is 23.8 Å². The Balaban J connectivity index is 1.06.